The van der Waals surface area contributed by atoms with E-state index in [9.17, 15) is 14.4 Å². The van der Waals surface area contributed by atoms with E-state index in [-0.39, 0.29) is 0 Å². The molecule has 2 aromatic rings. The van der Waals surface area contributed by atoms with Gasteiger partial charge in [0.1, 0.15) is 0 Å². The van der Waals surface area contributed by atoms with E-state index in [4.69, 9.17) is 19.7 Å². The molecule has 27 heavy (non-hydrogen) atoms. The van der Waals surface area contributed by atoms with Gasteiger partial charge in [-0.15, -0.1) is 0 Å². The Morgan fingerprint density at radius 1 is 0.815 bits per heavy atom. The number of carbonyl (C=O) groups is 3. The van der Waals surface area contributed by atoms with Crippen molar-refractivity contribution in [2.24, 2.45) is 0 Å². The summed E-state index contributed by atoms with van der Waals surface area (Å²) >= 11 is 4.00. The summed E-state index contributed by atoms with van der Waals surface area (Å²) in [7, 11) is 0. The molecule has 9 heteroatoms. The van der Waals surface area contributed by atoms with Crippen molar-refractivity contribution in [3.05, 3.63) is 52.0 Å². The Labute approximate surface area is 176 Å². The maximum absolute atomic E-state index is 11.7. The van der Waals surface area contributed by atoms with Crippen molar-refractivity contribution >= 4 is 71.1 Å². The maximum atomic E-state index is 11.7. The average molecular weight is 651 g/mol. The van der Waals surface area contributed by atoms with Crippen LogP contribution in [0, 0.1) is 0 Å². The third-order valence-electron chi connectivity index (χ3n) is 3.31. The van der Waals surface area contributed by atoms with Gasteiger partial charge in [-0.25, -0.2) is 0 Å². The standard InChI is InChI=1S/C12H7BrCl.3C2H4O2.Pb/c13-11-5-1-9(2-6-11)10-3-7-12(14)8-4-10;3*1-2(3)4;/h1-5,7-8H;3*1H3,(H,3,4);/q;;;;+3/p-3. The summed E-state index contributed by atoms with van der Waals surface area (Å²) in [6, 6.07) is 12.3. The number of rotatable bonds is 5. The van der Waals surface area contributed by atoms with Crippen LogP contribution in [0.1, 0.15) is 20.8 Å². The summed E-state index contributed by atoms with van der Waals surface area (Å²) in [5, 5.41) is 0.588. The molecule has 2 rings (SSSR count). The molecule has 0 saturated heterocycles. The minimum atomic E-state index is -5.31. The van der Waals surface area contributed by atoms with Gasteiger partial charge in [-0.2, -0.15) is 0 Å². The molecule has 0 aliphatic carbocycles. The molecule has 0 N–H and O–H groups in total. The average Bonchev–Trinajstić information content (AvgIpc) is 2.54. The number of hydrogen-bond acceptors (Lipinski definition) is 6. The fourth-order valence-electron chi connectivity index (χ4n) is 2.38. The fraction of sp³-hybridized carbons (Fsp3) is 0.167. The Morgan fingerprint density at radius 3 is 1.70 bits per heavy atom. The second-order valence-electron chi connectivity index (χ2n) is 5.54. The number of benzene rings is 2. The Kier molecular flexibility index (Phi) is 7.41. The predicted molar refractivity (Wildman–Crippen MR) is 105 cm³/mol. The second-order valence-corrected chi connectivity index (χ2v) is 15.6. The minimum absolute atomic E-state index is 0.357. The first-order valence-electron chi connectivity index (χ1n) is 7.77. The van der Waals surface area contributed by atoms with E-state index in [1.54, 1.807) is 24.3 Å². The fourth-order valence-corrected chi connectivity index (χ4v) is 13.8. The van der Waals surface area contributed by atoms with Crippen molar-refractivity contribution in [3.8, 4) is 11.1 Å². The van der Waals surface area contributed by atoms with Gasteiger partial charge in [-0.1, -0.05) is 0 Å². The van der Waals surface area contributed by atoms with Gasteiger partial charge in [0.2, 0.25) is 0 Å². The van der Waals surface area contributed by atoms with Crippen molar-refractivity contribution in [3.63, 3.8) is 0 Å². The van der Waals surface area contributed by atoms with Crippen molar-refractivity contribution in [1.29, 1.82) is 0 Å². The molecular weight excluding hydrogens is 635 g/mol. The zero-order valence-electron chi connectivity index (χ0n) is 14.7. The molecule has 0 spiro atoms. The van der Waals surface area contributed by atoms with Crippen LogP contribution in [0.25, 0.3) is 11.1 Å². The summed E-state index contributed by atoms with van der Waals surface area (Å²) in [6.07, 6.45) is 0. The molecule has 0 fully saturated rings. The Hall–Kier alpha value is -1.46. The van der Waals surface area contributed by atoms with Crippen LogP contribution in [-0.4, -0.2) is 40.4 Å². The molecule has 0 heterocycles. The Balaban J connectivity index is 2.66. The number of halogens is 2. The van der Waals surface area contributed by atoms with Gasteiger partial charge in [0.15, 0.2) is 0 Å². The van der Waals surface area contributed by atoms with Crippen LogP contribution in [0.3, 0.4) is 0 Å². The van der Waals surface area contributed by atoms with Gasteiger partial charge in [-0.05, 0) is 0 Å². The molecule has 0 radical (unpaired) electrons. The quantitative estimate of drug-likeness (QED) is 0.461. The van der Waals surface area contributed by atoms with Crippen molar-refractivity contribution in [2.45, 2.75) is 20.8 Å². The monoisotopic (exact) mass is 650 g/mol. The van der Waals surface area contributed by atoms with Crippen LogP contribution >= 0.6 is 27.5 Å². The third kappa shape index (κ3) is 5.76. The first-order valence-corrected chi connectivity index (χ1v) is 15.7. The van der Waals surface area contributed by atoms with Crippen LogP contribution in [0.15, 0.2) is 46.9 Å². The molecule has 0 saturated carbocycles. The Morgan fingerprint density at radius 2 is 1.26 bits per heavy atom. The number of hydrogen-bond donors (Lipinski definition) is 0. The van der Waals surface area contributed by atoms with Crippen LogP contribution in [0.2, 0.25) is 5.02 Å². The molecule has 0 aliphatic rings. The number of carbonyl (C=O) groups excluding carboxylic acids is 3. The van der Waals surface area contributed by atoms with Gasteiger partial charge in [-0.3, -0.25) is 0 Å². The molecule has 0 unspecified atom stereocenters. The van der Waals surface area contributed by atoms with E-state index in [0.717, 1.165) is 11.1 Å². The van der Waals surface area contributed by atoms with E-state index in [1.807, 2.05) is 18.2 Å². The van der Waals surface area contributed by atoms with Crippen LogP contribution in [0.5, 0.6) is 0 Å². The van der Waals surface area contributed by atoms with E-state index in [2.05, 4.69) is 15.9 Å². The summed E-state index contributed by atoms with van der Waals surface area (Å²) in [4.78, 5) is 35.2. The molecule has 0 bridgehead atoms. The second kappa shape index (κ2) is 9.16. The molecule has 6 nitrogen and oxygen atoms in total. The van der Waals surface area contributed by atoms with E-state index >= 15 is 0 Å². The molecule has 2 aromatic carbocycles. The van der Waals surface area contributed by atoms with Crippen molar-refractivity contribution in [1.82, 2.24) is 0 Å². The van der Waals surface area contributed by atoms with Crippen LogP contribution in [0.4, 0.5) is 0 Å². The van der Waals surface area contributed by atoms with E-state index in [1.165, 1.54) is 20.8 Å². The molecule has 0 aromatic heterocycles. The SMILES string of the molecule is CC(=O)[O][Pb]([O]C(C)=O)([O]C(C)=O)[c]1cc(-c2ccc(Cl)cc2)ccc1Br. The molecule has 142 valence electrons. The first-order chi connectivity index (χ1) is 12.6. The van der Waals surface area contributed by atoms with Gasteiger partial charge in [0.25, 0.3) is 0 Å². The van der Waals surface area contributed by atoms with Crippen molar-refractivity contribution in [2.75, 3.05) is 0 Å². The zero-order valence-corrected chi connectivity index (χ0v) is 21.0. The van der Waals surface area contributed by atoms with E-state index < -0.39 is 40.4 Å². The molecule has 0 atom stereocenters. The molecular formula is C18H16BrClO6Pb. The van der Waals surface area contributed by atoms with Gasteiger partial charge >= 0.3 is 177 Å². The van der Waals surface area contributed by atoms with Crippen LogP contribution in [-0.2, 0) is 22.4 Å². The topological polar surface area (TPSA) is 78.9 Å². The first kappa shape index (κ1) is 21.8. The van der Waals surface area contributed by atoms with Gasteiger partial charge < -0.3 is 0 Å². The van der Waals surface area contributed by atoms with Crippen molar-refractivity contribution < 1.29 is 22.4 Å². The van der Waals surface area contributed by atoms with Crippen LogP contribution < -0.4 is 3.12 Å². The normalized spacial score (nSPS) is 10.9. The molecule has 0 amide bonds. The summed E-state index contributed by atoms with van der Waals surface area (Å²) in [5.74, 6) is -2.12. The molecule has 0 aliphatic heterocycles. The third-order valence-corrected chi connectivity index (χ3v) is 16.3. The Bertz CT molecular complexity index is 843. The predicted octanol–water partition coefficient (Wildman–Crippen LogP) is 3.60. The van der Waals surface area contributed by atoms with E-state index in [0.29, 0.717) is 12.6 Å². The summed E-state index contributed by atoms with van der Waals surface area (Å²) in [6.45, 7) is 3.50. The van der Waals surface area contributed by atoms with Gasteiger partial charge in [0.05, 0.1) is 0 Å². The summed E-state index contributed by atoms with van der Waals surface area (Å²) in [5.41, 5.74) is 1.59. The van der Waals surface area contributed by atoms with Gasteiger partial charge in [0, 0.05) is 0 Å². The zero-order chi connectivity index (χ0) is 20.2. The summed E-state index contributed by atoms with van der Waals surface area (Å²) < 4.78 is 17.0.